The normalized spacial score (nSPS) is 16.7. The summed E-state index contributed by atoms with van der Waals surface area (Å²) in [5.74, 6) is 0.705. The zero-order chi connectivity index (χ0) is 16.2. The van der Waals surface area contributed by atoms with E-state index in [1.165, 1.54) is 24.0 Å². The van der Waals surface area contributed by atoms with Crippen LogP contribution in [-0.4, -0.2) is 18.0 Å². The third kappa shape index (κ3) is 4.09. The van der Waals surface area contributed by atoms with Crippen LogP contribution in [0, 0.1) is 0 Å². The maximum absolute atomic E-state index is 6.12. The van der Waals surface area contributed by atoms with Crippen LogP contribution in [0.3, 0.4) is 0 Å². The van der Waals surface area contributed by atoms with Gasteiger partial charge in [0.15, 0.2) is 0 Å². The minimum atomic E-state index is 0.630. The van der Waals surface area contributed by atoms with Gasteiger partial charge in [0, 0.05) is 6.54 Å². The van der Waals surface area contributed by atoms with E-state index < -0.39 is 0 Å². The second-order valence-corrected chi connectivity index (χ2v) is 7.17. The molecular formula is C20H23Cl2N. The third-order valence-corrected chi connectivity index (χ3v) is 5.59. The first kappa shape index (κ1) is 16.8. The van der Waals surface area contributed by atoms with Crippen LogP contribution >= 0.6 is 23.2 Å². The van der Waals surface area contributed by atoms with Gasteiger partial charge in [0.1, 0.15) is 0 Å². The van der Waals surface area contributed by atoms with Crippen LogP contribution < -0.4 is 0 Å². The quantitative estimate of drug-likeness (QED) is 0.661. The van der Waals surface area contributed by atoms with E-state index in [2.05, 4.69) is 42.2 Å². The topological polar surface area (TPSA) is 3.24 Å². The van der Waals surface area contributed by atoms with Crippen molar-refractivity contribution in [1.82, 2.24) is 4.90 Å². The van der Waals surface area contributed by atoms with Gasteiger partial charge in [-0.1, -0.05) is 60.5 Å². The van der Waals surface area contributed by atoms with Gasteiger partial charge in [-0.3, -0.25) is 4.90 Å². The van der Waals surface area contributed by atoms with Crippen molar-refractivity contribution in [3.63, 3.8) is 0 Å². The van der Waals surface area contributed by atoms with Crippen molar-refractivity contribution in [3.8, 4) is 0 Å². The fourth-order valence-electron chi connectivity index (χ4n) is 3.55. The van der Waals surface area contributed by atoms with E-state index in [-0.39, 0.29) is 0 Å². The van der Waals surface area contributed by atoms with Crippen LogP contribution in [0.2, 0.25) is 10.0 Å². The third-order valence-electron chi connectivity index (χ3n) is 4.85. The van der Waals surface area contributed by atoms with Gasteiger partial charge in [-0.05, 0) is 67.1 Å². The molecule has 0 aromatic heterocycles. The van der Waals surface area contributed by atoms with Crippen LogP contribution in [-0.2, 0) is 13.0 Å². The molecule has 0 atom stereocenters. The first-order valence-electron chi connectivity index (χ1n) is 8.41. The monoisotopic (exact) mass is 347 g/mol. The second kappa shape index (κ2) is 7.70. The van der Waals surface area contributed by atoms with Gasteiger partial charge in [0.2, 0.25) is 0 Å². The Kier molecular flexibility index (Phi) is 5.63. The summed E-state index contributed by atoms with van der Waals surface area (Å²) in [4.78, 5) is 2.52. The summed E-state index contributed by atoms with van der Waals surface area (Å²) >= 11 is 12.1. The maximum atomic E-state index is 6.12. The molecule has 1 nitrogen and oxygen atoms in total. The molecule has 3 rings (SSSR count). The molecule has 23 heavy (non-hydrogen) atoms. The van der Waals surface area contributed by atoms with Crippen LogP contribution in [0.15, 0.2) is 42.5 Å². The molecule has 1 heterocycles. The molecule has 0 amide bonds. The summed E-state index contributed by atoms with van der Waals surface area (Å²) in [5, 5.41) is 1.28. The predicted octanol–water partition coefficient (Wildman–Crippen LogP) is 5.94. The number of benzene rings is 2. The molecule has 122 valence electrons. The zero-order valence-electron chi connectivity index (χ0n) is 13.6. The van der Waals surface area contributed by atoms with Crippen LogP contribution in [0.5, 0.6) is 0 Å². The van der Waals surface area contributed by atoms with Crippen LogP contribution in [0.4, 0.5) is 0 Å². The van der Waals surface area contributed by atoms with Gasteiger partial charge in [-0.15, -0.1) is 0 Å². The maximum Gasteiger partial charge on any atom is 0.0595 e. The van der Waals surface area contributed by atoms with Crippen molar-refractivity contribution in [2.75, 3.05) is 13.1 Å². The second-order valence-electron chi connectivity index (χ2n) is 6.35. The summed E-state index contributed by atoms with van der Waals surface area (Å²) in [7, 11) is 0. The van der Waals surface area contributed by atoms with Gasteiger partial charge in [-0.25, -0.2) is 0 Å². The summed E-state index contributed by atoms with van der Waals surface area (Å²) in [6.07, 6.45) is 3.59. The molecule has 0 bridgehead atoms. The molecule has 0 radical (unpaired) electrons. The highest BCUT2D eigenvalue weighted by Crippen LogP contribution is 2.31. The number of rotatable bonds is 4. The predicted molar refractivity (Wildman–Crippen MR) is 99.5 cm³/mol. The molecule has 0 N–H and O–H groups in total. The van der Waals surface area contributed by atoms with Crippen molar-refractivity contribution in [1.29, 1.82) is 0 Å². The largest absolute Gasteiger partial charge is 0.299 e. The van der Waals surface area contributed by atoms with Gasteiger partial charge >= 0.3 is 0 Å². The Morgan fingerprint density at radius 1 is 1.00 bits per heavy atom. The molecule has 1 aliphatic rings. The van der Waals surface area contributed by atoms with Crippen molar-refractivity contribution >= 4 is 23.2 Å². The minimum Gasteiger partial charge on any atom is -0.299 e. The summed E-state index contributed by atoms with van der Waals surface area (Å²) < 4.78 is 0. The summed E-state index contributed by atoms with van der Waals surface area (Å²) in [6.45, 7) is 5.49. The van der Waals surface area contributed by atoms with Gasteiger partial charge in [-0.2, -0.15) is 0 Å². The number of piperidine rings is 1. The number of halogens is 2. The standard InChI is InChI=1S/C20H23Cl2N/c1-2-16-5-3-4-6-18(16)17-9-11-23(12-10-17)14-15-7-8-19(21)20(22)13-15/h3-8,13,17H,2,9-12,14H2,1H3. The highest BCUT2D eigenvalue weighted by Gasteiger charge is 2.22. The first-order chi connectivity index (χ1) is 11.2. The summed E-state index contributed by atoms with van der Waals surface area (Å²) in [5.41, 5.74) is 4.31. The van der Waals surface area contributed by atoms with Crippen molar-refractivity contribution in [2.45, 2.75) is 38.6 Å². The van der Waals surface area contributed by atoms with Crippen LogP contribution in [0.1, 0.15) is 42.4 Å². The average Bonchev–Trinajstić information content (AvgIpc) is 2.59. The number of likely N-dealkylation sites (tertiary alicyclic amines) is 1. The highest BCUT2D eigenvalue weighted by molar-refractivity contribution is 6.42. The Balaban J connectivity index is 1.61. The molecule has 0 saturated carbocycles. The molecule has 0 aliphatic carbocycles. The molecular weight excluding hydrogens is 325 g/mol. The Hall–Kier alpha value is -1.02. The lowest BCUT2D eigenvalue weighted by Gasteiger charge is -2.33. The van der Waals surface area contributed by atoms with Gasteiger partial charge in [0.25, 0.3) is 0 Å². The van der Waals surface area contributed by atoms with E-state index in [0.29, 0.717) is 16.0 Å². The Labute approximate surface area is 149 Å². The fraction of sp³-hybridized carbons (Fsp3) is 0.400. The molecule has 1 aliphatic heterocycles. The molecule has 2 aromatic rings. The van der Waals surface area contributed by atoms with Crippen LogP contribution in [0.25, 0.3) is 0 Å². The number of nitrogens with zero attached hydrogens (tertiary/aromatic N) is 1. The molecule has 2 aromatic carbocycles. The molecule has 1 fully saturated rings. The molecule has 0 spiro atoms. The van der Waals surface area contributed by atoms with Crippen molar-refractivity contribution in [3.05, 3.63) is 69.2 Å². The smallest absolute Gasteiger partial charge is 0.0595 e. The molecule has 3 heteroatoms. The van der Waals surface area contributed by atoms with Crippen molar-refractivity contribution in [2.24, 2.45) is 0 Å². The number of aryl methyl sites for hydroxylation is 1. The zero-order valence-corrected chi connectivity index (χ0v) is 15.1. The van der Waals surface area contributed by atoms with E-state index in [9.17, 15) is 0 Å². The molecule has 0 unspecified atom stereocenters. The number of hydrogen-bond donors (Lipinski definition) is 0. The average molecular weight is 348 g/mol. The summed E-state index contributed by atoms with van der Waals surface area (Å²) in [6, 6.07) is 14.9. The van der Waals surface area contributed by atoms with E-state index in [1.807, 2.05) is 12.1 Å². The van der Waals surface area contributed by atoms with Crippen molar-refractivity contribution < 1.29 is 0 Å². The van der Waals surface area contributed by atoms with E-state index in [1.54, 1.807) is 5.56 Å². The first-order valence-corrected chi connectivity index (χ1v) is 9.17. The lowest BCUT2D eigenvalue weighted by atomic mass is 9.86. The minimum absolute atomic E-state index is 0.630. The van der Waals surface area contributed by atoms with Gasteiger partial charge in [0.05, 0.1) is 10.0 Å². The fourth-order valence-corrected chi connectivity index (χ4v) is 3.87. The van der Waals surface area contributed by atoms with Gasteiger partial charge < -0.3 is 0 Å². The van der Waals surface area contributed by atoms with E-state index >= 15 is 0 Å². The number of hydrogen-bond acceptors (Lipinski definition) is 1. The lowest BCUT2D eigenvalue weighted by molar-refractivity contribution is 0.204. The Morgan fingerprint density at radius 2 is 1.74 bits per heavy atom. The lowest BCUT2D eigenvalue weighted by Crippen LogP contribution is -2.32. The Morgan fingerprint density at radius 3 is 2.43 bits per heavy atom. The van der Waals surface area contributed by atoms with E-state index in [4.69, 9.17) is 23.2 Å². The SMILES string of the molecule is CCc1ccccc1C1CCN(Cc2ccc(Cl)c(Cl)c2)CC1. The Bertz CT molecular complexity index is 660. The van der Waals surface area contributed by atoms with E-state index in [0.717, 1.165) is 26.1 Å². The molecule has 1 saturated heterocycles. The highest BCUT2D eigenvalue weighted by atomic mass is 35.5.